The molecule has 1 N–H and O–H groups in total. The molecule has 0 saturated heterocycles. The van der Waals surface area contributed by atoms with E-state index in [4.69, 9.17) is 0 Å². The van der Waals surface area contributed by atoms with E-state index >= 15 is 0 Å². The molecule has 0 spiro atoms. The van der Waals surface area contributed by atoms with Gasteiger partial charge in [-0.05, 0) is 19.1 Å². The lowest BCUT2D eigenvalue weighted by Crippen LogP contribution is -2.41. The first-order chi connectivity index (χ1) is 7.27. The fourth-order valence-electron chi connectivity index (χ4n) is 2.07. The molecule has 1 aliphatic rings. The number of ether oxygens (including phenoxy) is 1. The van der Waals surface area contributed by atoms with Gasteiger partial charge in [0.1, 0.15) is 0 Å². The van der Waals surface area contributed by atoms with Crippen LogP contribution >= 0.6 is 11.8 Å². The molecule has 2 unspecified atom stereocenters. The van der Waals surface area contributed by atoms with E-state index < -0.39 is 0 Å². The van der Waals surface area contributed by atoms with Crippen molar-refractivity contribution in [3.8, 4) is 0 Å². The molecule has 1 saturated carbocycles. The molecular formula is C11H21NO2S. The summed E-state index contributed by atoms with van der Waals surface area (Å²) in [6.07, 6.45) is 7.86. The third-order valence-corrected chi connectivity index (χ3v) is 4.14. The van der Waals surface area contributed by atoms with E-state index in [2.05, 4.69) is 16.3 Å². The monoisotopic (exact) mass is 231 g/mol. The number of methoxy groups -OCH3 is 1. The van der Waals surface area contributed by atoms with E-state index in [9.17, 15) is 4.79 Å². The van der Waals surface area contributed by atoms with Crippen LogP contribution in [0.3, 0.4) is 0 Å². The van der Waals surface area contributed by atoms with Crippen LogP contribution in [0.25, 0.3) is 0 Å². The summed E-state index contributed by atoms with van der Waals surface area (Å²) >= 11 is 1.94. The summed E-state index contributed by atoms with van der Waals surface area (Å²) in [5.41, 5.74) is 0. The van der Waals surface area contributed by atoms with E-state index in [-0.39, 0.29) is 5.97 Å². The van der Waals surface area contributed by atoms with Gasteiger partial charge in [0.15, 0.2) is 0 Å². The van der Waals surface area contributed by atoms with Gasteiger partial charge in [0.2, 0.25) is 0 Å². The standard InChI is InChI=1S/C11H21NO2S/c1-14-11(13)7-8-12-9-5-3-4-6-10(9)15-2/h9-10,12H,3-8H2,1-2H3. The number of nitrogens with one attached hydrogen (secondary N) is 1. The Bertz CT molecular complexity index is 199. The Balaban J connectivity index is 2.20. The van der Waals surface area contributed by atoms with Crippen molar-refractivity contribution in [1.29, 1.82) is 0 Å². The van der Waals surface area contributed by atoms with Crippen molar-refractivity contribution >= 4 is 17.7 Å². The zero-order valence-electron chi connectivity index (χ0n) is 9.62. The van der Waals surface area contributed by atoms with Crippen molar-refractivity contribution in [3.05, 3.63) is 0 Å². The SMILES string of the molecule is COC(=O)CCNC1CCCCC1SC. The van der Waals surface area contributed by atoms with Gasteiger partial charge in [0.05, 0.1) is 13.5 Å². The molecule has 0 aliphatic heterocycles. The average Bonchev–Trinajstić information content (AvgIpc) is 2.29. The molecule has 0 aromatic rings. The van der Waals surface area contributed by atoms with Crippen molar-refractivity contribution in [1.82, 2.24) is 5.32 Å². The van der Waals surface area contributed by atoms with E-state index in [1.54, 1.807) is 0 Å². The molecule has 15 heavy (non-hydrogen) atoms. The summed E-state index contributed by atoms with van der Waals surface area (Å²) in [7, 11) is 1.44. The quantitative estimate of drug-likeness (QED) is 0.732. The van der Waals surface area contributed by atoms with Crippen LogP contribution in [-0.2, 0) is 9.53 Å². The first kappa shape index (κ1) is 12.8. The molecule has 2 atom stereocenters. The third-order valence-electron chi connectivity index (χ3n) is 2.97. The Labute approximate surface area is 96.3 Å². The minimum absolute atomic E-state index is 0.126. The highest BCUT2D eigenvalue weighted by Crippen LogP contribution is 2.26. The largest absolute Gasteiger partial charge is 0.469 e. The van der Waals surface area contributed by atoms with Crippen LogP contribution in [0.15, 0.2) is 0 Å². The molecule has 1 rings (SSSR count). The maximum Gasteiger partial charge on any atom is 0.306 e. The first-order valence-corrected chi connectivity index (χ1v) is 6.89. The summed E-state index contributed by atoms with van der Waals surface area (Å²) in [5, 5.41) is 4.19. The van der Waals surface area contributed by atoms with Crippen molar-refractivity contribution in [2.75, 3.05) is 19.9 Å². The number of carbonyl (C=O) groups is 1. The van der Waals surface area contributed by atoms with Crippen LogP contribution in [0.1, 0.15) is 32.1 Å². The van der Waals surface area contributed by atoms with Gasteiger partial charge >= 0.3 is 5.97 Å². The number of thioether (sulfide) groups is 1. The van der Waals surface area contributed by atoms with Gasteiger partial charge < -0.3 is 10.1 Å². The van der Waals surface area contributed by atoms with Crippen LogP contribution in [0.2, 0.25) is 0 Å². The predicted molar refractivity (Wildman–Crippen MR) is 64.2 cm³/mol. The predicted octanol–water partition coefficient (Wildman–Crippen LogP) is 1.81. The van der Waals surface area contributed by atoms with Gasteiger partial charge in [0, 0.05) is 17.8 Å². The van der Waals surface area contributed by atoms with Gasteiger partial charge in [-0.3, -0.25) is 4.79 Å². The fourth-order valence-corrected chi connectivity index (χ4v) is 3.04. The van der Waals surface area contributed by atoms with Crippen molar-refractivity contribution in [2.45, 2.75) is 43.4 Å². The normalized spacial score (nSPS) is 26.3. The number of hydrogen-bond acceptors (Lipinski definition) is 4. The molecule has 0 amide bonds. The lowest BCUT2D eigenvalue weighted by molar-refractivity contribution is -0.140. The molecule has 1 fully saturated rings. The van der Waals surface area contributed by atoms with Crippen molar-refractivity contribution in [2.24, 2.45) is 0 Å². The second-order valence-corrected chi connectivity index (χ2v) is 5.02. The molecule has 0 heterocycles. The molecule has 88 valence electrons. The molecule has 0 radical (unpaired) electrons. The molecule has 0 aromatic heterocycles. The molecule has 0 aromatic carbocycles. The highest BCUT2D eigenvalue weighted by Gasteiger charge is 2.23. The maximum absolute atomic E-state index is 10.9. The van der Waals surface area contributed by atoms with Crippen LogP contribution in [0.5, 0.6) is 0 Å². The number of esters is 1. The Morgan fingerprint density at radius 3 is 2.87 bits per heavy atom. The van der Waals surface area contributed by atoms with Gasteiger partial charge in [-0.2, -0.15) is 11.8 Å². The summed E-state index contributed by atoms with van der Waals surface area (Å²) in [6, 6.07) is 0.582. The topological polar surface area (TPSA) is 38.3 Å². The van der Waals surface area contributed by atoms with Gasteiger partial charge in [-0.1, -0.05) is 12.8 Å². The molecule has 0 bridgehead atoms. The lowest BCUT2D eigenvalue weighted by Gasteiger charge is -2.31. The Morgan fingerprint density at radius 1 is 1.47 bits per heavy atom. The fraction of sp³-hybridized carbons (Fsp3) is 0.909. The highest BCUT2D eigenvalue weighted by molar-refractivity contribution is 7.99. The first-order valence-electron chi connectivity index (χ1n) is 5.61. The number of carbonyl (C=O) groups excluding carboxylic acids is 1. The van der Waals surface area contributed by atoms with Crippen LogP contribution in [0, 0.1) is 0 Å². The zero-order chi connectivity index (χ0) is 11.1. The summed E-state index contributed by atoms with van der Waals surface area (Å²) in [4.78, 5) is 10.9. The second-order valence-electron chi connectivity index (χ2n) is 3.95. The Kier molecular flexibility index (Phi) is 6.10. The Morgan fingerprint density at radius 2 is 2.20 bits per heavy atom. The third kappa shape index (κ3) is 4.43. The second kappa shape index (κ2) is 7.12. The highest BCUT2D eigenvalue weighted by atomic mass is 32.2. The number of rotatable bonds is 5. The molecular weight excluding hydrogens is 210 g/mol. The lowest BCUT2D eigenvalue weighted by atomic mass is 9.95. The van der Waals surface area contributed by atoms with Gasteiger partial charge in [-0.15, -0.1) is 0 Å². The minimum atomic E-state index is -0.126. The van der Waals surface area contributed by atoms with Crippen molar-refractivity contribution in [3.63, 3.8) is 0 Å². The minimum Gasteiger partial charge on any atom is -0.469 e. The van der Waals surface area contributed by atoms with E-state index in [0.29, 0.717) is 12.5 Å². The summed E-state index contributed by atoms with van der Waals surface area (Å²) < 4.78 is 4.61. The van der Waals surface area contributed by atoms with Crippen LogP contribution < -0.4 is 5.32 Å². The molecule has 4 heteroatoms. The summed E-state index contributed by atoms with van der Waals surface area (Å²) in [6.45, 7) is 0.744. The van der Waals surface area contributed by atoms with Crippen molar-refractivity contribution < 1.29 is 9.53 Å². The Hall–Kier alpha value is -0.220. The number of hydrogen-bond donors (Lipinski definition) is 1. The van der Waals surface area contributed by atoms with Gasteiger partial charge in [-0.25, -0.2) is 0 Å². The van der Waals surface area contributed by atoms with E-state index in [1.165, 1.54) is 32.8 Å². The summed E-state index contributed by atoms with van der Waals surface area (Å²) in [5.74, 6) is -0.126. The van der Waals surface area contributed by atoms with E-state index in [1.807, 2.05) is 11.8 Å². The average molecular weight is 231 g/mol. The maximum atomic E-state index is 10.9. The molecule has 3 nitrogen and oxygen atoms in total. The zero-order valence-corrected chi connectivity index (χ0v) is 10.4. The molecule has 1 aliphatic carbocycles. The smallest absolute Gasteiger partial charge is 0.306 e. The van der Waals surface area contributed by atoms with E-state index in [0.717, 1.165) is 11.8 Å². The van der Waals surface area contributed by atoms with Crippen LogP contribution in [0.4, 0.5) is 0 Å². The van der Waals surface area contributed by atoms with Crippen LogP contribution in [-0.4, -0.2) is 37.2 Å². The van der Waals surface area contributed by atoms with Gasteiger partial charge in [0.25, 0.3) is 0 Å².